The van der Waals surface area contributed by atoms with Crippen LogP contribution in [0.25, 0.3) is 11.6 Å². The topological polar surface area (TPSA) is 107 Å². The molecule has 1 heterocycles. The highest BCUT2D eigenvalue weighted by atomic mass is 79.9. The Morgan fingerprint density at radius 2 is 2.13 bits per heavy atom. The first-order chi connectivity index (χ1) is 11.0. The van der Waals surface area contributed by atoms with Gasteiger partial charge < -0.3 is 10.2 Å². The lowest BCUT2D eigenvalue weighted by Crippen LogP contribution is -2.24. The van der Waals surface area contributed by atoms with Crippen molar-refractivity contribution >= 4 is 57.0 Å². The number of nitrogens with zero attached hydrogens (tertiary/aromatic N) is 2. The molecule has 0 unspecified atom stereocenters. The van der Waals surface area contributed by atoms with E-state index in [0.717, 1.165) is 10.0 Å². The molecule has 2 rings (SSSR count). The molecule has 0 spiro atoms. The van der Waals surface area contributed by atoms with Gasteiger partial charge in [-0.2, -0.15) is 5.10 Å². The molecule has 9 heteroatoms. The van der Waals surface area contributed by atoms with Crippen molar-refractivity contribution < 1.29 is 9.34 Å². The third-order valence-corrected chi connectivity index (χ3v) is 3.44. The monoisotopic (exact) mass is 394 g/mol. The molecule has 3 N–H and O–H groups in total. The Bertz CT molecular complexity index is 801. The number of halogens is 1. The number of hydrazone groups is 1. The van der Waals surface area contributed by atoms with Gasteiger partial charge >= 0.3 is 5.88 Å². The molecule has 0 aliphatic carbocycles. The molecule has 7 nitrogen and oxygen atoms in total. The van der Waals surface area contributed by atoms with Gasteiger partial charge in [-0.25, -0.2) is 0 Å². The normalized spacial score (nSPS) is 11.6. The lowest BCUT2D eigenvalue weighted by Gasteiger charge is -2.05. The first kappa shape index (κ1) is 16.8. The van der Waals surface area contributed by atoms with Crippen LogP contribution in [0.3, 0.4) is 0 Å². The van der Waals surface area contributed by atoms with E-state index in [0.29, 0.717) is 11.3 Å². The molecule has 0 aliphatic heterocycles. The van der Waals surface area contributed by atoms with Gasteiger partial charge in [-0.15, -0.1) is 0 Å². The molecule has 0 aliphatic rings. The summed E-state index contributed by atoms with van der Waals surface area (Å²) in [6.45, 7) is 0. The summed E-state index contributed by atoms with van der Waals surface area (Å²) in [6.07, 6.45) is 3.12. The van der Waals surface area contributed by atoms with Gasteiger partial charge in [0.1, 0.15) is 10.7 Å². The molecule has 0 atom stereocenters. The van der Waals surface area contributed by atoms with Crippen molar-refractivity contribution in [3.05, 3.63) is 62.3 Å². The number of thiocarbonyl (C=S) groups is 1. The number of nitrogens with one attached hydrogen (secondary N) is 1. The maximum atomic E-state index is 10.7. The zero-order chi connectivity index (χ0) is 16.8. The van der Waals surface area contributed by atoms with Crippen LogP contribution in [0.1, 0.15) is 11.3 Å². The van der Waals surface area contributed by atoms with Crippen molar-refractivity contribution in [2.75, 3.05) is 0 Å². The van der Waals surface area contributed by atoms with Crippen LogP contribution in [0, 0.1) is 10.1 Å². The molecule has 0 bridgehead atoms. The number of hydrogen-bond acceptors (Lipinski definition) is 5. The van der Waals surface area contributed by atoms with E-state index in [9.17, 15) is 10.1 Å². The Morgan fingerprint density at radius 1 is 1.39 bits per heavy atom. The molecular weight excluding hydrogens is 384 g/mol. The second kappa shape index (κ2) is 7.65. The molecule has 0 fully saturated rings. The molecule has 0 saturated carbocycles. The van der Waals surface area contributed by atoms with Gasteiger partial charge in [-0.1, -0.05) is 34.1 Å². The smallest absolute Gasteiger partial charge is 0.401 e. The number of nitro groups is 1. The lowest BCUT2D eigenvalue weighted by atomic mass is 10.1. The minimum atomic E-state index is -0.599. The van der Waals surface area contributed by atoms with Gasteiger partial charge in [-0.05, 0) is 36.0 Å². The first-order valence-electron chi connectivity index (χ1n) is 6.26. The zero-order valence-corrected chi connectivity index (χ0v) is 14.0. The molecular formula is C14H11BrN4O3S. The number of allylic oxidation sites excluding steroid dienone is 1. The van der Waals surface area contributed by atoms with Gasteiger partial charge in [0.25, 0.3) is 0 Å². The van der Waals surface area contributed by atoms with E-state index < -0.39 is 4.92 Å². The fraction of sp³-hybridized carbons (Fsp3) is 0. The molecule has 2 aromatic rings. The summed E-state index contributed by atoms with van der Waals surface area (Å²) in [4.78, 5) is 10.1. The Kier molecular flexibility index (Phi) is 5.61. The van der Waals surface area contributed by atoms with Crippen LogP contribution in [0.15, 0.2) is 50.4 Å². The molecule has 23 heavy (non-hydrogen) atoms. The number of benzene rings is 1. The van der Waals surface area contributed by atoms with E-state index in [1.54, 1.807) is 6.08 Å². The summed E-state index contributed by atoms with van der Waals surface area (Å²) in [7, 11) is 0. The van der Waals surface area contributed by atoms with Crippen molar-refractivity contribution in [1.29, 1.82) is 0 Å². The van der Waals surface area contributed by atoms with Gasteiger partial charge in [0, 0.05) is 10.0 Å². The third kappa shape index (κ3) is 4.73. The number of rotatable bonds is 5. The second-order valence-corrected chi connectivity index (χ2v) is 5.54. The molecule has 118 valence electrons. The Labute approximate surface area is 145 Å². The van der Waals surface area contributed by atoms with E-state index in [-0.39, 0.29) is 11.0 Å². The average Bonchev–Trinajstić information content (AvgIpc) is 2.95. The summed E-state index contributed by atoms with van der Waals surface area (Å²) < 4.78 is 5.97. The molecule has 0 amide bonds. The maximum Gasteiger partial charge on any atom is 0.433 e. The van der Waals surface area contributed by atoms with Crippen LogP contribution in [-0.2, 0) is 0 Å². The molecule has 0 radical (unpaired) electrons. The van der Waals surface area contributed by atoms with E-state index in [2.05, 4.69) is 38.7 Å². The minimum absolute atomic E-state index is 0.0290. The Balaban J connectivity index is 2.41. The Morgan fingerprint density at radius 3 is 2.74 bits per heavy atom. The van der Waals surface area contributed by atoms with Crippen molar-refractivity contribution in [3.8, 4) is 0 Å². The second-order valence-electron chi connectivity index (χ2n) is 4.25. The SMILES string of the molecule is NC(=S)NN=CC(=Cc1ccc([N+](=O)[O-])o1)c1ccccc1Br. The van der Waals surface area contributed by atoms with Gasteiger partial charge in [0.2, 0.25) is 0 Å². The third-order valence-electron chi connectivity index (χ3n) is 2.65. The molecule has 0 saturated heterocycles. The van der Waals surface area contributed by atoms with Crippen LogP contribution >= 0.6 is 28.1 Å². The predicted octanol–water partition coefficient (Wildman–Crippen LogP) is 3.31. The van der Waals surface area contributed by atoms with E-state index in [1.165, 1.54) is 18.3 Å². The van der Waals surface area contributed by atoms with Crippen LogP contribution in [0.4, 0.5) is 5.88 Å². The average molecular weight is 395 g/mol. The predicted molar refractivity (Wildman–Crippen MR) is 95.8 cm³/mol. The zero-order valence-electron chi connectivity index (χ0n) is 11.6. The summed E-state index contributed by atoms with van der Waals surface area (Å²) in [5.41, 5.74) is 9.24. The number of hydrogen-bond donors (Lipinski definition) is 2. The standard InChI is InChI=1S/C14H11BrN4O3S/c15-12-4-2-1-3-11(12)9(8-17-18-14(16)23)7-10-5-6-13(22-10)19(20)21/h1-8H,(H3,16,18,23). The molecule has 1 aromatic carbocycles. The van der Waals surface area contributed by atoms with E-state index in [4.69, 9.17) is 10.2 Å². The lowest BCUT2D eigenvalue weighted by molar-refractivity contribution is -0.402. The van der Waals surface area contributed by atoms with E-state index in [1.807, 2.05) is 24.3 Å². The van der Waals surface area contributed by atoms with Crippen molar-refractivity contribution in [3.63, 3.8) is 0 Å². The molecule has 1 aromatic heterocycles. The maximum absolute atomic E-state index is 10.7. The first-order valence-corrected chi connectivity index (χ1v) is 7.47. The summed E-state index contributed by atoms with van der Waals surface area (Å²) in [5.74, 6) is -0.00912. The van der Waals surface area contributed by atoms with Gasteiger partial charge in [-0.3, -0.25) is 15.5 Å². The fourth-order valence-electron chi connectivity index (χ4n) is 1.72. The van der Waals surface area contributed by atoms with Gasteiger partial charge in [0.05, 0.1) is 12.3 Å². The van der Waals surface area contributed by atoms with Crippen molar-refractivity contribution in [2.45, 2.75) is 0 Å². The number of furan rings is 1. The van der Waals surface area contributed by atoms with Crippen LogP contribution in [-0.4, -0.2) is 16.3 Å². The van der Waals surface area contributed by atoms with Crippen molar-refractivity contribution in [2.24, 2.45) is 10.8 Å². The summed E-state index contributed by atoms with van der Waals surface area (Å²) in [6, 6.07) is 10.2. The Hall–Kier alpha value is -2.52. The summed E-state index contributed by atoms with van der Waals surface area (Å²) >= 11 is 8.13. The van der Waals surface area contributed by atoms with Gasteiger partial charge in [0.15, 0.2) is 5.11 Å². The van der Waals surface area contributed by atoms with Crippen molar-refractivity contribution in [1.82, 2.24) is 5.43 Å². The quantitative estimate of drug-likeness (QED) is 0.348. The van der Waals surface area contributed by atoms with Crippen LogP contribution in [0.2, 0.25) is 0 Å². The van der Waals surface area contributed by atoms with Crippen LogP contribution < -0.4 is 11.2 Å². The summed E-state index contributed by atoms with van der Waals surface area (Å²) in [5, 5.41) is 14.6. The highest BCUT2D eigenvalue weighted by Crippen LogP contribution is 2.26. The number of nitrogens with two attached hydrogens (primary N) is 1. The van der Waals surface area contributed by atoms with Crippen LogP contribution in [0.5, 0.6) is 0 Å². The van der Waals surface area contributed by atoms with E-state index >= 15 is 0 Å². The highest BCUT2D eigenvalue weighted by Gasteiger charge is 2.12. The largest absolute Gasteiger partial charge is 0.433 e. The minimum Gasteiger partial charge on any atom is -0.401 e. The fourth-order valence-corrected chi connectivity index (χ4v) is 2.28. The highest BCUT2D eigenvalue weighted by molar-refractivity contribution is 9.10.